The second-order valence-electron chi connectivity index (χ2n) is 4.50. The van der Waals surface area contributed by atoms with Gasteiger partial charge in [-0.25, -0.2) is 0 Å². The molecule has 0 spiro atoms. The van der Waals surface area contributed by atoms with Crippen molar-refractivity contribution in [3.8, 4) is 0 Å². The van der Waals surface area contributed by atoms with E-state index in [9.17, 15) is 15.0 Å². The Kier molecular flexibility index (Phi) is 4.07. The number of ketones is 1. The largest absolute Gasteiger partial charge is 0.390 e. The van der Waals surface area contributed by atoms with Gasteiger partial charge in [-0.2, -0.15) is 0 Å². The van der Waals surface area contributed by atoms with Crippen molar-refractivity contribution in [1.29, 1.82) is 0 Å². The molecule has 0 rings (SSSR count). The van der Waals surface area contributed by atoms with Crippen molar-refractivity contribution >= 4 is 5.78 Å². The van der Waals surface area contributed by atoms with E-state index in [0.29, 0.717) is 19.3 Å². The smallest absolute Gasteiger partial charge is 0.160 e. The highest BCUT2D eigenvalue weighted by Crippen LogP contribution is 2.19. The first kappa shape index (κ1) is 12.6. The topological polar surface area (TPSA) is 57.5 Å². The first-order valence-electron chi connectivity index (χ1n) is 4.61. The Morgan fingerprint density at radius 3 is 1.92 bits per heavy atom. The van der Waals surface area contributed by atoms with E-state index in [1.807, 2.05) is 0 Å². The lowest BCUT2D eigenvalue weighted by Gasteiger charge is -2.22. The van der Waals surface area contributed by atoms with Crippen LogP contribution in [0, 0.1) is 0 Å². The molecule has 0 saturated carbocycles. The van der Waals surface area contributed by atoms with Gasteiger partial charge in [0.15, 0.2) is 5.78 Å². The number of hydrogen-bond acceptors (Lipinski definition) is 3. The molecule has 0 aliphatic heterocycles. The number of carbonyl (C=O) groups excluding carboxylic acids is 1. The first-order chi connectivity index (χ1) is 5.65. The van der Waals surface area contributed by atoms with Crippen LogP contribution in [-0.2, 0) is 4.79 Å². The molecule has 78 valence electrons. The van der Waals surface area contributed by atoms with Gasteiger partial charge in [-0.05, 0) is 47.0 Å². The summed E-state index contributed by atoms with van der Waals surface area (Å²) in [5.41, 5.74) is -1.95. The summed E-state index contributed by atoms with van der Waals surface area (Å²) < 4.78 is 0. The van der Waals surface area contributed by atoms with E-state index in [4.69, 9.17) is 0 Å². The summed E-state index contributed by atoms with van der Waals surface area (Å²) >= 11 is 0. The van der Waals surface area contributed by atoms with Crippen molar-refractivity contribution in [2.75, 3.05) is 0 Å². The van der Waals surface area contributed by atoms with Crippen LogP contribution in [0.3, 0.4) is 0 Å². The molecule has 0 bridgehead atoms. The van der Waals surface area contributed by atoms with Crippen molar-refractivity contribution in [1.82, 2.24) is 0 Å². The van der Waals surface area contributed by atoms with Crippen LogP contribution in [0.2, 0.25) is 0 Å². The third-order valence-corrected chi connectivity index (χ3v) is 2.21. The van der Waals surface area contributed by atoms with Crippen molar-refractivity contribution in [3.63, 3.8) is 0 Å². The highest BCUT2D eigenvalue weighted by Gasteiger charge is 2.26. The fourth-order valence-electron chi connectivity index (χ4n) is 1.04. The normalized spacial score (nSPS) is 16.8. The Morgan fingerprint density at radius 2 is 1.62 bits per heavy atom. The maximum atomic E-state index is 10.9. The van der Waals surface area contributed by atoms with Gasteiger partial charge in [-0.1, -0.05) is 0 Å². The lowest BCUT2D eigenvalue weighted by Crippen LogP contribution is -2.33. The maximum Gasteiger partial charge on any atom is 0.160 e. The van der Waals surface area contributed by atoms with Crippen molar-refractivity contribution in [2.24, 2.45) is 0 Å². The maximum absolute atomic E-state index is 10.9. The molecule has 0 radical (unpaired) electrons. The van der Waals surface area contributed by atoms with Crippen LogP contribution in [0.5, 0.6) is 0 Å². The van der Waals surface area contributed by atoms with E-state index in [2.05, 4.69) is 0 Å². The molecule has 13 heavy (non-hydrogen) atoms. The average Bonchev–Trinajstić information content (AvgIpc) is 1.82. The summed E-state index contributed by atoms with van der Waals surface area (Å²) in [6.45, 7) is 6.33. The summed E-state index contributed by atoms with van der Waals surface area (Å²) in [6.07, 6.45) is 1.65. The molecule has 0 aromatic carbocycles. The van der Waals surface area contributed by atoms with E-state index >= 15 is 0 Å². The molecule has 0 saturated heterocycles. The SMILES string of the molecule is CC(=O)C(C)(O)CCCC(C)(C)O. The summed E-state index contributed by atoms with van der Waals surface area (Å²) in [7, 11) is 0. The minimum absolute atomic E-state index is 0.219. The molecule has 3 nitrogen and oxygen atoms in total. The molecule has 0 heterocycles. The van der Waals surface area contributed by atoms with Gasteiger partial charge in [-0.15, -0.1) is 0 Å². The zero-order chi connectivity index (χ0) is 10.7. The quantitative estimate of drug-likeness (QED) is 0.683. The fourth-order valence-corrected chi connectivity index (χ4v) is 1.04. The zero-order valence-electron chi connectivity index (χ0n) is 8.92. The number of Topliss-reactive ketones (excluding diaryl/α,β-unsaturated/α-hetero) is 1. The van der Waals surface area contributed by atoms with Gasteiger partial charge in [0.05, 0.1) is 5.60 Å². The van der Waals surface area contributed by atoms with Crippen molar-refractivity contribution in [2.45, 2.75) is 58.2 Å². The molecule has 2 N–H and O–H groups in total. The van der Waals surface area contributed by atoms with Gasteiger partial charge in [0.25, 0.3) is 0 Å². The van der Waals surface area contributed by atoms with Crippen LogP contribution in [0.15, 0.2) is 0 Å². The molecule has 0 fully saturated rings. The lowest BCUT2D eigenvalue weighted by molar-refractivity contribution is -0.134. The molecule has 0 aromatic rings. The van der Waals surface area contributed by atoms with E-state index in [0.717, 1.165) is 0 Å². The second kappa shape index (κ2) is 4.20. The van der Waals surface area contributed by atoms with Gasteiger partial charge >= 0.3 is 0 Å². The van der Waals surface area contributed by atoms with E-state index < -0.39 is 11.2 Å². The zero-order valence-corrected chi connectivity index (χ0v) is 8.92. The number of hydrogen-bond donors (Lipinski definition) is 2. The first-order valence-corrected chi connectivity index (χ1v) is 4.61. The van der Waals surface area contributed by atoms with Crippen LogP contribution in [-0.4, -0.2) is 27.2 Å². The molecule has 0 aliphatic carbocycles. The molecule has 0 aliphatic rings. The van der Waals surface area contributed by atoms with Gasteiger partial charge in [0, 0.05) is 0 Å². The van der Waals surface area contributed by atoms with Gasteiger partial charge in [0.2, 0.25) is 0 Å². The Balaban J connectivity index is 3.84. The fraction of sp³-hybridized carbons (Fsp3) is 0.900. The molecule has 3 heteroatoms. The molecular formula is C10H20O3. The number of carbonyl (C=O) groups is 1. The van der Waals surface area contributed by atoms with Crippen molar-refractivity contribution < 1.29 is 15.0 Å². The summed E-state index contributed by atoms with van der Waals surface area (Å²) in [5, 5.41) is 18.9. The van der Waals surface area contributed by atoms with Gasteiger partial charge < -0.3 is 10.2 Å². The van der Waals surface area contributed by atoms with Gasteiger partial charge in [-0.3, -0.25) is 4.79 Å². The summed E-state index contributed by atoms with van der Waals surface area (Å²) in [4.78, 5) is 10.9. The average molecular weight is 188 g/mol. The summed E-state index contributed by atoms with van der Waals surface area (Å²) in [5.74, 6) is -0.219. The van der Waals surface area contributed by atoms with Crippen LogP contribution in [0.4, 0.5) is 0 Å². The van der Waals surface area contributed by atoms with Crippen LogP contribution in [0.25, 0.3) is 0 Å². The van der Waals surface area contributed by atoms with Crippen LogP contribution >= 0.6 is 0 Å². The van der Waals surface area contributed by atoms with Gasteiger partial charge in [0.1, 0.15) is 5.60 Å². The van der Waals surface area contributed by atoms with E-state index in [1.165, 1.54) is 13.8 Å². The highest BCUT2D eigenvalue weighted by atomic mass is 16.3. The third kappa shape index (κ3) is 5.77. The molecule has 1 unspecified atom stereocenters. The number of aliphatic hydroxyl groups is 2. The van der Waals surface area contributed by atoms with E-state index in [1.54, 1.807) is 13.8 Å². The van der Waals surface area contributed by atoms with Crippen LogP contribution < -0.4 is 0 Å². The number of rotatable bonds is 5. The second-order valence-corrected chi connectivity index (χ2v) is 4.50. The predicted molar refractivity (Wildman–Crippen MR) is 51.5 cm³/mol. The molecule has 0 aromatic heterocycles. The Labute approximate surface area is 79.8 Å². The van der Waals surface area contributed by atoms with Crippen molar-refractivity contribution in [3.05, 3.63) is 0 Å². The Morgan fingerprint density at radius 1 is 1.15 bits per heavy atom. The molecule has 1 atom stereocenters. The Hall–Kier alpha value is -0.410. The molecular weight excluding hydrogens is 168 g/mol. The van der Waals surface area contributed by atoms with Crippen LogP contribution in [0.1, 0.15) is 47.0 Å². The lowest BCUT2D eigenvalue weighted by atomic mass is 9.92. The predicted octanol–water partition coefficient (Wildman–Crippen LogP) is 1.27. The molecule has 0 amide bonds. The Bertz CT molecular complexity index is 177. The summed E-state index contributed by atoms with van der Waals surface area (Å²) in [6, 6.07) is 0. The minimum Gasteiger partial charge on any atom is -0.390 e. The van der Waals surface area contributed by atoms with E-state index in [-0.39, 0.29) is 5.78 Å². The minimum atomic E-state index is -1.23. The monoisotopic (exact) mass is 188 g/mol. The highest BCUT2D eigenvalue weighted by molar-refractivity contribution is 5.84. The standard InChI is InChI=1S/C10H20O3/c1-8(11)10(4,13)7-5-6-9(2,3)12/h12-13H,5-7H2,1-4H3. The third-order valence-electron chi connectivity index (χ3n) is 2.21.